The Morgan fingerprint density at radius 2 is 1.93 bits per heavy atom. The van der Waals surface area contributed by atoms with Crippen LogP contribution in [0.2, 0.25) is 0 Å². The second-order valence-corrected chi connectivity index (χ2v) is 10.3. The van der Waals surface area contributed by atoms with Crippen molar-refractivity contribution < 1.29 is 14.3 Å². The molecule has 3 nitrogen and oxygen atoms in total. The van der Waals surface area contributed by atoms with Gasteiger partial charge in [0.05, 0.1) is 7.11 Å². The SMILES string of the molecule is COC(=O)CCCC1CCC2C3C(=O)CC4C=CCCC4(C)C3CCC12C. The maximum absolute atomic E-state index is 13.3. The molecular weight excluding hydrogens is 336 g/mol. The van der Waals surface area contributed by atoms with Crippen LogP contribution in [0.4, 0.5) is 0 Å². The zero-order chi connectivity index (χ0) is 19.2. The second kappa shape index (κ2) is 7.04. The molecule has 0 amide bonds. The molecule has 0 N–H and O–H groups in total. The van der Waals surface area contributed by atoms with E-state index < -0.39 is 0 Å². The molecule has 0 aromatic carbocycles. The van der Waals surface area contributed by atoms with E-state index in [4.69, 9.17) is 4.74 Å². The molecule has 4 rings (SSSR count). The molecular formula is C24H36O3. The summed E-state index contributed by atoms with van der Waals surface area (Å²) in [4.78, 5) is 24.7. The molecule has 0 bridgehead atoms. The number of Topliss-reactive ketones (excluding diaryl/α,β-unsaturated/α-hetero) is 1. The molecule has 3 heteroatoms. The van der Waals surface area contributed by atoms with Crippen LogP contribution in [0.1, 0.15) is 78.1 Å². The standard InChI is InChI=1S/C24H36O3/c1-23-13-5-4-7-17(23)15-20(25)22-18-11-10-16(8-6-9-21(26)27-3)24(18,2)14-12-19(22)23/h4,7,16-19,22H,5-6,8-15H2,1-3H3. The predicted molar refractivity (Wildman–Crippen MR) is 106 cm³/mol. The van der Waals surface area contributed by atoms with Crippen molar-refractivity contribution in [3.63, 3.8) is 0 Å². The molecule has 150 valence electrons. The van der Waals surface area contributed by atoms with Gasteiger partial charge in [-0.3, -0.25) is 9.59 Å². The van der Waals surface area contributed by atoms with Gasteiger partial charge in [-0.25, -0.2) is 0 Å². The van der Waals surface area contributed by atoms with Gasteiger partial charge >= 0.3 is 5.97 Å². The van der Waals surface area contributed by atoms with Gasteiger partial charge in [0, 0.05) is 18.8 Å². The van der Waals surface area contributed by atoms with Crippen molar-refractivity contribution in [1.82, 2.24) is 0 Å². The van der Waals surface area contributed by atoms with Crippen molar-refractivity contribution >= 4 is 11.8 Å². The normalized spacial score (nSPS) is 45.7. The fourth-order valence-electron chi connectivity index (χ4n) is 7.68. The topological polar surface area (TPSA) is 43.4 Å². The van der Waals surface area contributed by atoms with Gasteiger partial charge in [-0.15, -0.1) is 0 Å². The third kappa shape index (κ3) is 3.00. The number of methoxy groups -OCH3 is 1. The average molecular weight is 373 g/mol. The van der Waals surface area contributed by atoms with E-state index in [0.717, 1.165) is 19.3 Å². The van der Waals surface area contributed by atoms with Crippen molar-refractivity contribution in [2.24, 2.45) is 40.4 Å². The molecule has 0 radical (unpaired) electrons. The molecule has 7 unspecified atom stereocenters. The molecule has 3 fully saturated rings. The smallest absolute Gasteiger partial charge is 0.305 e. The first-order valence-electron chi connectivity index (χ1n) is 11.2. The molecule has 4 aliphatic rings. The number of rotatable bonds is 4. The predicted octanol–water partition coefficient (Wildman–Crippen LogP) is 5.33. The second-order valence-electron chi connectivity index (χ2n) is 10.3. The molecule has 0 aromatic rings. The quantitative estimate of drug-likeness (QED) is 0.494. The van der Waals surface area contributed by atoms with Gasteiger partial charge in [0.25, 0.3) is 0 Å². The molecule has 7 atom stereocenters. The van der Waals surface area contributed by atoms with Crippen LogP contribution in [-0.4, -0.2) is 18.9 Å². The van der Waals surface area contributed by atoms with Crippen LogP contribution in [0.5, 0.6) is 0 Å². The summed E-state index contributed by atoms with van der Waals surface area (Å²) in [6.07, 6.45) is 15.4. The van der Waals surface area contributed by atoms with Crippen LogP contribution < -0.4 is 0 Å². The first-order valence-corrected chi connectivity index (χ1v) is 11.2. The summed E-state index contributed by atoms with van der Waals surface area (Å²) in [6, 6.07) is 0. The summed E-state index contributed by atoms with van der Waals surface area (Å²) < 4.78 is 4.80. The van der Waals surface area contributed by atoms with E-state index in [1.54, 1.807) is 0 Å². The molecule has 0 saturated heterocycles. The maximum Gasteiger partial charge on any atom is 0.305 e. The lowest BCUT2D eigenvalue weighted by Gasteiger charge is -2.58. The minimum Gasteiger partial charge on any atom is -0.469 e. The van der Waals surface area contributed by atoms with E-state index in [1.165, 1.54) is 45.6 Å². The summed E-state index contributed by atoms with van der Waals surface area (Å²) >= 11 is 0. The fourth-order valence-corrected chi connectivity index (χ4v) is 7.68. The van der Waals surface area contributed by atoms with Gasteiger partial charge in [0.15, 0.2) is 0 Å². The lowest BCUT2D eigenvalue weighted by atomic mass is 9.45. The van der Waals surface area contributed by atoms with E-state index in [9.17, 15) is 9.59 Å². The van der Waals surface area contributed by atoms with Crippen molar-refractivity contribution in [3.8, 4) is 0 Å². The Morgan fingerprint density at radius 1 is 1.15 bits per heavy atom. The molecule has 0 spiro atoms. The highest BCUT2D eigenvalue weighted by Crippen LogP contribution is 2.66. The highest BCUT2D eigenvalue weighted by atomic mass is 16.5. The van der Waals surface area contributed by atoms with Crippen molar-refractivity contribution in [1.29, 1.82) is 0 Å². The first-order chi connectivity index (χ1) is 12.9. The summed E-state index contributed by atoms with van der Waals surface area (Å²) in [6.45, 7) is 4.95. The molecule has 0 aromatic heterocycles. The zero-order valence-corrected chi connectivity index (χ0v) is 17.3. The Hall–Kier alpha value is -1.12. The summed E-state index contributed by atoms with van der Waals surface area (Å²) in [5.41, 5.74) is 0.623. The maximum atomic E-state index is 13.3. The molecule has 0 aliphatic heterocycles. The van der Waals surface area contributed by atoms with Crippen molar-refractivity contribution in [2.45, 2.75) is 78.1 Å². The molecule has 3 saturated carbocycles. The van der Waals surface area contributed by atoms with Crippen molar-refractivity contribution in [3.05, 3.63) is 12.2 Å². The van der Waals surface area contributed by atoms with Gasteiger partial charge in [0.2, 0.25) is 0 Å². The number of fused-ring (bicyclic) bond motifs is 5. The third-order valence-corrected chi connectivity index (χ3v) is 9.33. The van der Waals surface area contributed by atoms with E-state index in [-0.39, 0.29) is 5.97 Å². The van der Waals surface area contributed by atoms with Gasteiger partial charge in [0.1, 0.15) is 5.78 Å². The first kappa shape index (κ1) is 19.2. The van der Waals surface area contributed by atoms with Crippen molar-refractivity contribution in [2.75, 3.05) is 7.11 Å². The van der Waals surface area contributed by atoms with E-state index in [1.807, 2.05) is 0 Å². The number of allylic oxidation sites excluding steroid dienone is 2. The van der Waals surface area contributed by atoms with Crippen LogP contribution in [0, 0.1) is 40.4 Å². The highest BCUT2D eigenvalue weighted by molar-refractivity contribution is 5.83. The number of ether oxygens (including phenoxy) is 1. The highest BCUT2D eigenvalue weighted by Gasteiger charge is 2.61. The third-order valence-electron chi connectivity index (χ3n) is 9.33. The van der Waals surface area contributed by atoms with E-state index in [2.05, 4.69) is 26.0 Å². The molecule has 0 heterocycles. The van der Waals surface area contributed by atoms with E-state index in [0.29, 0.717) is 52.6 Å². The van der Waals surface area contributed by atoms with E-state index >= 15 is 0 Å². The number of carbonyl (C=O) groups excluding carboxylic acids is 2. The van der Waals surface area contributed by atoms with Gasteiger partial charge in [-0.05, 0) is 85.9 Å². The summed E-state index contributed by atoms with van der Waals surface area (Å²) in [5.74, 6) is 3.04. The minimum absolute atomic E-state index is 0.0924. The lowest BCUT2D eigenvalue weighted by Crippen LogP contribution is -2.55. The van der Waals surface area contributed by atoms with Crippen LogP contribution in [0.3, 0.4) is 0 Å². The number of carbonyl (C=O) groups is 2. The van der Waals surface area contributed by atoms with Crippen LogP contribution in [-0.2, 0) is 14.3 Å². The van der Waals surface area contributed by atoms with Crippen LogP contribution >= 0.6 is 0 Å². The van der Waals surface area contributed by atoms with Crippen LogP contribution in [0.25, 0.3) is 0 Å². The molecule has 4 aliphatic carbocycles. The summed E-state index contributed by atoms with van der Waals surface area (Å²) in [7, 11) is 1.47. The minimum atomic E-state index is -0.0924. The van der Waals surface area contributed by atoms with Crippen LogP contribution in [0.15, 0.2) is 12.2 Å². The number of hydrogen-bond donors (Lipinski definition) is 0. The van der Waals surface area contributed by atoms with Gasteiger partial charge in [-0.1, -0.05) is 26.0 Å². The Bertz CT molecular complexity index is 638. The Kier molecular flexibility index (Phi) is 5.01. The number of hydrogen-bond acceptors (Lipinski definition) is 3. The lowest BCUT2D eigenvalue weighted by molar-refractivity contribution is -0.150. The average Bonchev–Trinajstić information content (AvgIpc) is 2.98. The number of ketones is 1. The Labute approximate surface area is 164 Å². The van der Waals surface area contributed by atoms with Gasteiger partial charge in [-0.2, -0.15) is 0 Å². The number of esters is 1. The Morgan fingerprint density at radius 3 is 2.70 bits per heavy atom. The fraction of sp³-hybridized carbons (Fsp3) is 0.833. The Balaban J connectivity index is 1.51. The zero-order valence-electron chi connectivity index (χ0n) is 17.3. The molecule has 27 heavy (non-hydrogen) atoms. The van der Waals surface area contributed by atoms with Gasteiger partial charge < -0.3 is 4.74 Å². The largest absolute Gasteiger partial charge is 0.469 e. The summed E-state index contributed by atoms with van der Waals surface area (Å²) in [5, 5.41) is 0. The monoisotopic (exact) mass is 372 g/mol.